The van der Waals surface area contributed by atoms with Gasteiger partial charge in [-0.1, -0.05) is 6.92 Å². The van der Waals surface area contributed by atoms with Crippen LogP contribution in [0.3, 0.4) is 0 Å². The summed E-state index contributed by atoms with van der Waals surface area (Å²) in [7, 11) is 0. The highest BCUT2D eigenvalue weighted by Crippen LogP contribution is 2.40. The topological polar surface area (TPSA) is 52.6 Å². The van der Waals surface area contributed by atoms with Crippen molar-refractivity contribution < 1.29 is 19.4 Å². The summed E-state index contributed by atoms with van der Waals surface area (Å²) in [6.07, 6.45) is 1.73. The third-order valence-corrected chi connectivity index (χ3v) is 3.43. The van der Waals surface area contributed by atoms with Crippen molar-refractivity contribution in [1.29, 1.82) is 0 Å². The molecule has 0 radical (unpaired) electrons. The van der Waals surface area contributed by atoms with Gasteiger partial charge < -0.3 is 0 Å². The summed E-state index contributed by atoms with van der Waals surface area (Å²) in [6, 6.07) is 0. The molecule has 0 aromatic heterocycles. The van der Waals surface area contributed by atoms with E-state index in [9.17, 15) is 9.59 Å². The molecule has 1 heterocycles. The van der Waals surface area contributed by atoms with E-state index in [1.54, 1.807) is 6.92 Å². The van der Waals surface area contributed by atoms with E-state index in [2.05, 4.69) is 0 Å². The summed E-state index contributed by atoms with van der Waals surface area (Å²) in [5, 5.41) is 0. The monoisotopic (exact) mass is 198 g/mol. The Balaban J connectivity index is 2.22. The molecule has 14 heavy (non-hydrogen) atoms. The standard InChI is InChI=1S/C10H14O4/c1-6-8(12)3-7-4-9(6)13-14-10(7,2)5-11/h5-7,9H,3-4H2,1-2H3/t6?,7?,9-,10?/m1/s1. The van der Waals surface area contributed by atoms with Crippen LogP contribution >= 0.6 is 0 Å². The number of fused-ring (bicyclic) bond motifs is 2. The Kier molecular flexibility index (Phi) is 2.20. The van der Waals surface area contributed by atoms with Crippen LogP contribution in [0, 0.1) is 11.8 Å². The van der Waals surface area contributed by atoms with Crippen LogP contribution in [-0.2, 0) is 19.4 Å². The molecule has 0 amide bonds. The van der Waals surface area contributed by atoms with E-state index >= 15 is 0 Å². The summed E-state index contributed by atoms with van der Waals surface area (Å²) in [5.74, 6) is 0.0347. The summed E-state index contributed by atoms with van der Waals surface area (Å²) in [4.78, 5) is 32.6. The molecule has 2 bridgehead atoms. The van der Waals surface area contributed by atoms with Crippen molar-refractivity contribution in [1.82, 2.24) is 0 Å². The normalized spacial score (nSPS) is 47.6. The molecule has 2 rings (SSSR count). The first-order chi connectivity index (χ1) is 6.57. The molecule has 0 N–H and O–H groups in total. The zero-order valence-electron chi connectivity index (χ0n) is 8.36. The lowest BCUT2D eigenvalue weighted by Crippen LogP contribution is -2.53. The highest BCUT2D eigenvalue weighted by molar-refractivity contribution is 5.83. The predicted octanol–water partition coefficient (Wildman–Crippen LogP) is 0.890. The van der Waals surface area contributed by atoms with E-state index in [4.69, 9.17) is 9.78 Å². The van der Waals surface area contributed by atoms with E-state index in [1.165, 1.54) is 0 Å². The molecule has 1 saturated heterocycles. The molecule has 1 aliphatic heterocycles. The van der Waals surface area contributed by atoms with Gasteiger partial charge in [0.2, 0.25) is 0 Å². The third-order valence-electron chi connectivity index (χ3n) is 3.43. The molecule has 4 atom stereocenters. The minimum Gasteiger partial charge on any atom is -0.300 e. The maximum atomic E-state index is 11.6. The number of aldehydes is 1. The molecule has 2 aliphatic rings. The number of carbonyl (C=O) groups excluding carboxylic acids is 2. The Bertz CT molecular complexity index is 275. The van der Waals surface area contributed by atoms with Gasteiger partial charge in [-0.05, 0) is 13.3 Å². The Morgan fingerprint density at radius 2 is 2.29 bits per heavy atom. The van der Waals surface area contributed by atoms with Gasteiger partial charge in [0.05, 0.1) is 0 Å². The van der Waals surface area contributed by atoms with E-state index < -0.39 is 5.60 Å². The SMILES string of the molecule is CC1C(=O)CC2C[C@H]1OOC2(C)C=O. The number of rotatable bonds is 1. The van der Waals surface area contributed by atoms with E-state index in [0.717, 1.165) is 12.7 Å². The average Bonchev–Trinajstić information content (AvgIpc) is 2.19. The van der Waals surface area contributed by atoms with Crippen molar-refractivity contribution in [2.75, 3.05) is 0 Å². The van der Waals surface area contributed by atoms with Crippen LogP contribution in [0.2, 0.25) is 0 Å². The number of ketones is 1. The fourth-order valence-corrected chi connectivity index (χ4v) is 2.11. The zero-order chi connectivity index (χ0) is 10.3. The Hall–Kier alpha value is -0.740. The van der Waals surface area contributed by atoms with Gasteiger partial charge in [0.1, 0.15) is 11.9 Å². The van der Waals surface area contributed by atoms with Crippen molar-refractivity contribution in [3.63, 3.8) is 0 Å². The molecule has 4 heteroatoms. The van der Waals surface area contributed by atoms with E-state index in [1.807, 2.05) is 6.92 Å². The Labute approximate surface area is 82.5 Å². The van der Waals surface area contributed by atoms with Crippen LogP contribution in [-0.4, -0.2) is 23.8 Å². The highest BCUT2D eigenvalue weighted by atomic mass is 17.2. The maximum absolute atomic E-state index is 11.6. The minimum absolute atomic E-state index is 0.0255. The van der Waals surface area contributed by atoms with Gasteiger partial charge in [0, 0.05) is 18.3 Å². The lowest BCUT2D eigenvalue weighted by atomic mass is 9.72. The van der Waals surface area contributed by atoms with Crippen molar-refractivity contribution in [3.05, 3.63) is 0 Å². The largest absolute Gasteiger partial charge is 0.300 e. The van der Waals surface area contributed by atoms with Crippen LogP contribution in [0.4, 0.5) is 0 Å². The first-order valence-corrected chi connectivity index (χ1v) is 4.90. The lowest BCUT2D eigenvalue weighted by molar-refractivity contribution is -0.413. The number of hydrogen-bond acceptors (Lipinski definition) is 4. The summed E-state index contributed by atoms with van der Waals surface area (Å²) >= 11 is 0. The third kappa shape index (κ3) is 1.29. The molecule has 1 saturated carbocycles. The molecule has 3 unspecified atom stereocenters. The maximum Gasteiger partial charge on any atom is 0.159 e. The second-order valence-electron chi connectivity index (χ2n) is 4.41. The molecule has 78 valence electrons. The van der Waals surface area contributed by atoms with Crippen LogP contribution in [0.15, 0.2) is 0 Å². The fraction of sp³-hybridized carbons (Fsp3) is 0.800. The number of carbonyl (C=O) groups is 2. The van der Waals surface area contributed by atoms with Crippen molar-refractivity contribution >= 4 is 12.1 Å². The number of hydrogen-bond donors (Lipinski definition) is 0. The minimum atomic E-state index is -0.938. The first kappa shape index (κ1) is 9.80. The van der Waals surface area contributed by atoms with Gasteiger partial charge in [-0.15, -0.1) is 0 Å². The molecule has 0 aromatic rings. The average molecular weight is 198 g/mol. The Morgan fingerprint density at radius 3 is 2.93 bits per heavy atom. The second kappa shape index (κ2) is 3.14. The molecule has 2 fully saturated rings. The van der Waals surface area contributed by atoms with Crippen LogP contribution in [0.1, 0.15) is 26.7 Å². The van der Waals surface area contributed by atoms with Gasteiger partial charge in [-0.2, -0.15) is 0 Å². The van der Waals surface area contributed by atoms with E-state index in [-0.39, 0.29) is 23.7 Å². The summed E-state index contributed by atoms with van der Waals surface area (Å²) in [5.41, 5.74) is -0.938. The van der Waals surface area contributed by atoms with Gasteiger partial charge in [-0.3, -0.25) is 9.59 Å². The summed E-state index contributed by atoms with van der Waals surface area (Å²) < 4.78 is 0. The van der Waals surface area contributed by atoms with Crippen molar-refractivity contribution in [2.45, 2.75) is 38.4 Å². The van der Waals surface area contributed by atoms with Crippen LogP contribution in [0.5, 0.6) is 0 Å². The smallest absolute Gasteiger partial charge is 0.159 e. The molecule has 0 spiro atoms. The molecular weight excluding hydrogens is 184 g/mol. The van der Waals surface area contributed by atoms with Gasteiger partial charge in [-0.25, -0.2) is 9.78 Å². The summed E-state index contributed by atoms with van der Waals surface area (Å²) in [6.45, 7) is 3.51. The van der Waals surface area contributed by atoms with E-state index in [0.29, 0.717) is 6.42 Å². The van der Waals surface area contributed by atoms with Crippen LogP contribution in [0.25, 0.3) is 0 Å². The molecule has 4 nitrogen and oxygen atoms in total. The van der Waals surface area contributed by atoms with Crippen LogP contribution < -0.4 is 0 Å². The quantitative estimate of drug-likeness (QED) is 0.464. The first-order valence-electron chi connectivity index (χ1n) is 4.90. The lowest BCUT2D eigenvalue weighted by Gasteiger charge is -2.44. The highest BCUT2D eigenvalue weighted by Gasteiger charge is 2.49. The van der Waals surface area contributed by atoms with Gasteiger partial charge >= 0.3 is 0 Å². The molecule has 0 aromatic carbocycles. The van der Waals surface area contributed by atoms with Gasteiger partial charge in [0.25, 0.3) is 0 Å². The predicted molar refractivity (Wildman–Crippen MR) is 47.3 cm³/mol. The second-order valence-corrected chi connectivity index (χ2v) is 4.41. The Morgan fingerprint density at radius 1 is 1.57 bits per heavy atom. The zero-order valence-corrected chi connectivity index (χ0v) is 8.36. The molecule has 1 aliphatic carbocycles. The van der Waals surface area contributed by atoms with Gasteiger partial charge in [0.15, 0.2) is 11.9 Å². The van der Waals surface area contributed by atoms with Crippen molar-refractivity contribution in [2.24, 2.45) is 11.8 Å². The van der Waals surface area contributed by atoms with Crippen molar-refractivity contribution in [3.8, 4) is 0 Å². The fourth-order valence-electron chi connectivity index (χ4n) is 2.11. The molecular formula is C10H14O4. The number of Topliss-reactive ketones (excluding diaryl/α,β-unsaturated/α-hetero) is 1.